The molecule has 0 saturated carbocycles. The van der Waals surface area contributed by atoms with Crippen LogP contribution in [-0.4, -0.2) is 40.2 Å². The minimum Gasteiger partial charge on any atom is -0.497 e. The molecule has 1 aliphatic rings. The lowest BCUT2D eigenvalue weighted by Crippen LogP contribution is -2.44. The highest BCUT2D eigenvalue weighted by Crippen LogP contribution is 2.32. The summed E-state index contributed by atoms with van der Waals surface area (Å²) in [5.41, 5.74) is 1.16. The van der Waals surface area contributed by atoms with Crippen molar-refractivity contribution in [1.82, 2.24) is 19.8 Å². The van der Waals surface area contributed by atoms with Gasteiger partial charge in [-0.15, -0.1) is 0 Å². The Balaban J connectivity index is 1.62. The lowest BCUT2D eigenvalue weighted by molar-refractivity contribution is 0.188. The second-order valence-electron chi connectivity index (χ2n) is 6.23. The molecular weight excluding hydrogens is 304 g/mol. The minimum absolute atomic E-state index is 0.000864. The van der Waals surface area contributed by atoms with E-state index in [1.807, 2.05) is 46.9 Å². The van der Waals surface area contributed by atoms with Crippen molar-refractivity contribution >= 4 is 6.03 Å². The quantitative estimate of drug-likeness (QED) is 0.918. The smallest absolute Gasteiger partial charge is 0.318 e. The Bertz CT molecular complexity index is 654. The maximum absolute atomic E-state index is 12.7. The predicted molar refractivity (Wildman–Crippen MR) is 91.9 cm³/mol. The number of rotatable bonds is 5. The number of likely N-dealkylation sites (tertiary alicyclic amines) is 1. The number of ether oxygens (including phenoxy) is 1. The highest BCUT2D eigenvalue weighted by atomic mass is 16.5. The molecular formula is C18H24N4O2. The maximum atomic E-state index is 12.7. The third-order valence-corrected chi connectivity index (χ3v) is 4.43. The van der Waals surface area contributed by atoms with Crippen LogP contribution in [0.4, 0.5) is 4.79 Å². The standard InChI is InChI=1S/C18H24N4O2/c1-14(12-21-11-9-19-13-21)20-18(23)22-10-3-4-17(22)15-5-7-16(24-2)8-6-15/h5-9,11,13-14,17H,3-4,10,12H2,1-2H3,(H,20,23)/t14-,17+/m1/s1. The third-order valence-electron chi connectivity index (χ3n) is 4.43. The van der Waals surface area contributed by atoms with E-state index in [-0.39, 0.29) is 18.1 Å². The molecule has 1 aliphatic heterocycles. The van der Waals surface area contributed by atoms with E-state index in [9.17, 15) is 4.79 Å². The lowest BCUT2D eigenvalue weighted by atomic mass is 10.0. The van der Waals surface area contributed by atoms with E-state index in [0.29, 0.717) is 6.54 Å². The molecule has 0 unspecified atom stereocenters. The van der Waals surface area contributed by atoms with E-state index in [1.165, 1.54) is 0 Å². The normalized spacial score (nSPS) is 18.4. The second-order valence-corrected chi connectivity index (χ2v) is 6.23. The van der Waals surface area contributed by atoms with E-state index in [4.69, 9.17) is 4.74 Å². The van der Waals surface area contributed by atoms with Crippen LogP contribution in [0.1, 0.15) is 31.4 Å². The first-order valence-corrected chi connectivity index (χ1v) is 8.34. The SMILES string of the molecule is COc1ccc([C@@H]2CCCN2C(=O)N[C@H](C)Cn2ccnc2)cc1. The fourth-order valence-corrected chi connectivity index (χ4v) is 3.23. The molecule has 2 atom stereocenters. The molecule has 3 rings (SSSR count). The fraction of sp³-hybridized carbons (Fsp3) is 0.444. The van der Waals surface area contributed by atoms with Gasteiger partial charge in [0.2, 0.25) is 0 Å². The number of imidazole rings is 1. The van der Waals surface area contributed by atoms with Crippen molar-refractivity contribution in [3.05, 3.63) is 48.5 Å². The van der Waals surface area contributed by atoms with Crippen molar-refractivity contribution in [1.29, 1.82) is 0 Å². The Morgan fingerprint density at radius 3 is 2.88 bits per heavy atom. The maximum Gasteiger partial charge on any atom is 0.318 e. The van der Waals surface area contributed by atoms with Gasteiger partial charge in [-0.05, 0) is 37.5 Å². The van der Waals surface area contributed by atoms with E-state index in [1.54, 1.807) is 19.6 Å². The number of amides is 2. The van der Waals surface area contributed by atoms with Crippen molar-refractivity contribution in [3.63, 3.8) is 0 Å². The number of urea groups is 1. The van der Waals surface area contributed by atoms with Gasteiger partial charge in [0, 0.05) is 31.5 Å². The summed E-state index contributed by atoms with van der Waals surface area (Å²) < 4.78 is 7.18. The molecule has 1 N–H and O–H groups in total. The van der Waals surface area contributed by atoms with Gasteiger partial charge in [-0.2, -0.15) is 0 Å². The summed E-state index contributed by atoms with van der Waals surface area (Å²) >= 11 is 0. The van der Waals surface area contributed by atoms with Crippen LogP contribution in [0.2, 0.25) is 0 Å². The summed E-state index contributed by atoms with van der Waals surface area (Å²) in [6, 6.07) is 8.17. The van der Waals surface area contributed by atoms with Crippen LogP contribution < -0.4 is 10.1 Å². The summed E-state index contributed by atoms with van der Waals surface area (Å²) in [4.78, 5) is 18.6. The van der Waals surface area contributed by atoms with E-state index < -0.39 is 0 Å². The Labute approximate surface area is 142 Å². The summed E-state index contributed by atoms with van der Waals surface area (Å²) in [6.45, 7) is 3.52. The van der Waals surface area contributed by atoms with Gasteiger partial charge < -0.3 is 19.5 Å². The number of nitrogens with zero attached hydrogens (tertiary/aromatic N) is 3. The van der Waals surface area contributed by atoms with Gasteiger partial charge in [-0.1, -0.05) is 12.1 Å². The summed E-state index contributed by atoms with van der Waals surface area (Å²) in [5, 5.41) is 3.10. The first-order chi connectivity index (χ1) is 11.7. The molecule has 1 fully saturated rings. The summed E-state index contributed by atoms with van der Waals surface area (Å²) in [6.07, 6.45) is 7.43. The number of carbonyl (C=O) groups is 1. The lowest BCUT2D eigenvalue weighted by Gasteiger charge is -2.27. The van der Waals surface area contributed by atoms with Crippen LogP contribution in [0.25, 0.3) is 0 Å². The first-order valence-electron chi connectivity index (χ1n) is 8.34. The number of carbonyl (C=O) groups excluding carboxylic acids is 1. The monoisotopic (exact) mass is 328 g/mol. The molecule has 0 bridgehead atoms. The Kier molecular flexibility index (Phi) is 5.03. The topological polar surface area (TPSA) is 59.4 Å². The molecule has 1 aromatic carbocycles. The number of hydrogen-bond donors (Lipinski definition) is 1. The third kappa shape index (κ3) is 3.69. The highest BCUT2D eigenvalue weighted by molar-refractivity contribution is 5.75. The molecule has 2 aromatic rings. The van der Waals surface area contributed by atoms with Crippen LogP contribution in [0.3, 0.4) is 0 Å². The van der Waals surface area contributed by atoms with Crippen molar-refractivity contribution in [2.75, 3.05) is 13.7 Å². The predicted octanol–water partition coefficient (Wildman–Crippen LogP) is 2.83. The molecule has 6 nitrogen and oxygen atoms in total. The van der Waals surface area contributed by atoms with Crippen LogP contribution >= 0.6 is 0 Å². The van der Waals surface area contributed by atoms with Crippen molar-refractivity contribution < 1.29 is 9.53 Å². The van der Waals surface area contributed by atoms with Crippen molar-refractivity contribution in [2.45, 2.75) is 38.4 Å². The van der Waals surface area contributed by atoms with E-state index in [0.717, 1.165) is 30.7 Å². The van der Waals surface area contributed by atoms with Gasteiger partial charge in [0.15, 0.2) is 0 Å². The Hall–Kier alpha value is -2.50. The van der Waals surface area contributed by atoms with Gasteiger partial charge in [0.05, 0.1) is 19.5 Å². The van der Waals surface area contributed by atoms with Crippen LogP contribution in [0, 0.1) is 0 Å². The molecule has 2 heterocycles. The van der Waals surface area contributed by atoms with Gasteiger partial charge >= 0.3 is 6.03 Å². The van der Waals surface area contributed by atoms with Gasteiger partial charge in [0.1, 0.15) is 5.75 Å². The highest BCUT2D eigenvalue weighted by Gasteiger charge is 2.30. The molecule has 1 aromatic heterocycles. The molecule has 2 amide bonds. The molecule has 0 aliphatic carbocycles. The molecule has 1 saturated heterocycles. The van der Waals surface area contributed by atoms with Crippen LogP contribution in [-0.2, 0) is 6.54 Å². The largest absolute Gasteiger partial charge is 0.497 e. The summed E-state index contributed by atoms with van der Waals surface area (Å²) in [5.74, 6) is 0.835. The van der Waals surface area contributed by atoms with Gasteiger partial charge in [-0.25, -0.2) is 9.78 Å². The Morgan fingerprint density at radius 1 is 1.42 bits per heavy atom. The minimum atomic E-state index is 0.000864. The zero-order valence-electron chi connectivity index (χ0n) is 14.2. The van der Waals surface area contributed by atoms with Crippen molar-refractivity contribution in [3.8, 4) is 5.75 Å². The second kappa shape index (κ2) is 7.38. The number of hydrogen-bond acceptors (Lipinski definition) is 3. The first kappa shape index (κ1) is 16.4. The number of nitrogens with one attached hydrogen (secondary N) is 1. The average molecular weight is 328 g/mol. The molecule has 0 spiro atoms. The zero-order chi connectivity index (χ0) is 16.9. The zero-order valence-corrected chi connectivity index (χ0v) is 14.2. The molecule has 6 heteroatoms. The van der Waals surface area contributed by atoms with Crippen LogP contribution in [0.15, 0.2) is 43.0 Å². The van der Waals surface area contributed by atoms with Crippen molar-refractivity contribution in [2.24, 2.45) is 0 Å². The number of aromatic nitrogens is 2. The number of benzene rings is 1. The molecule has 24 heavy (non-hydrogen) atoms. The number of methoxy groups -OCH3 is 1. The average Bonchev–Trinajstić information content (AvgIpc) is 3.26. The summed E-state index contributed by atoms with van der Waals surface area (Å²) in [7, 11) is 1.66. The fourth-order valence-electron chi connectivity index (χ4n) is 3.23. The van der Waals surface area contributed by atoms with E-state index in [2.05, 4.69) is 10.3 Å². The van der Waals surface area contributed by atoms with Gasteiger partial charge in [0.25, 0.3) is 0 Å². The van der Waals surface area contributed by atoms with E-state index >= 15 is 0 Å². The van der Waals surface area contributed by atoms with Crippen LogP contribution in [0.5, 0.6) is 5.75 Å². The molecule has 128 valence electrons. The molecule has 0 radical (unpaired) electrons. The van der Waals surface area contributed by atoms with Gasteiger partial charge in [-0.3, -0.25) is 0 Å². The Morgan fingerprint density at radius 2 is 2.21 bits per heavy atom.